The zero-order valence-corrected chi connectivity index (χ0v) is 11.8. The van der Waals surface area contributed by atoms with Crippen LogP contribution in [-0.2, 0) is 6.42 Å². The fourth-order valence-electron chi connectivity index (χ4n) is 1.37. The fourth-order valence-corrected chi connectivity index (χ4v) is 1.37. The Morgan fingerprint density at radius 3 is 2.56 bits per heavy atom. The second kappa shape index (κ2) is 5.39. The zero-order valence-electron chi connectivity index (χ0n) is 11.8. The van der Waals surface area contributed by atoms with Crippen molar-refractivity contribution in [3.8, 4) is 0 Å². The minimum Gasteiger partial charge on any atom is -0.395 e. The Balaban J connectivity index is 2.69. The third kappa shape index (κ3) is 3.01. The lowest BCUT2D eigenvalue weighted by molar-refractivity contribution is 0.0915. The zero-order chi connectivity index (χ0) is 13.9. The van der Waals surface area contributed by atoms with E-state index in [1.807, 2.05) is 21.0 Å². The van der Waals surface area contributed by atoms with E-state index in [9.17, 15) is 4.79 Å². The number of aromatic nitrogens is 2. The van der Waals surface area contributed by atoms with Crippen molar-refractivity contribution in [3.63, 3.8) is 0 Å². The monoisotopic (exact) mass is 253 g/mol. The molecule has 18 heavy (non-hydrogen) atoms. The maximum Gasteiger partial charge on any atom is 0.274 e. The number of nitrogens with one attached hydrogen (secondary N) is 2. The summed E-state index contributed by atoms with van der Waals surface area (Å²) in [4.78, 5) is 14.0. The maximum atomic E-state index is 12.0. The van der Waals surface area contributed by atoms with E-state index in [0.29, 0.717) is 12.2 Å². The second-order valence-corrected chi connectivity index (χ2v) is 5.21. The van der Waals surface area contributed by atoms with E-state index < -0.39 is 0 Å². The number of H-pyrrole nitrogens is 1. The second-order valence-electron chi connectivity index (χ2n) is 5.21. The van der Waals surface area contributed by atoms with Gasteiger partial charge in [0.05, 0.1) is 11.4 Å². The lowest BCUT2D eigenvalue weighted by Gasteiger charge is -2.32. The Bertz CT molecular complexity index is 422. The van der Waals surface area contributed by atoms with Gasteiger partial charge in [-0.2, -0.15) is 5.10 Å². The standard InChI is InChI=1S/C12H23N5O/c1-6-8-9(13)10(16-15-8)11(18)14-7-12(2,3)17(4)5/h6-7,13H2,1-5H3,(H,14,18)(H,15,16). The van der Waals surface area contributed by atoms with Crippen LogP contribution in [0.2, 0.25) is 0 Å². The predicted molar refractivity (Wildman–Crippen MR) is 72.5 cm³/mol. The molecule has 1 rings (SSSR count). The quantitative estimate of drug-likeness (QED) is 0.718. The third-order valence-corrected chi connectivity index (χ3v) is 3.34. The highest BCUT2D eigenvalue weighted by Crippen LogP contribution is 2.14. The van der Waals surface area contributed by atoms with Crippen LogP contribution in [0.25, 0.3) is 0 Å². The number of carbonyl (C=O) groups excluding carboxylic acids is 1. The lowest BCUT2D eigenvalue weighted by Crippen LogP contribution is -2.48. The van der Waals surface area contributed by atoms with Crippen molar-refractivity contribution < 1.29 is 4.79 Å². The summed E-state index contributed by atoms with van der Waals surface area (Å²) < 4.78 is 0. The van der Waals surface area contributed by atoms with Crippen molar-refractivity contribution in [1.82, 2.24) is 20.4 Å². The van der Waals surface area contributed by atoms with E-state index in [1.165, 1.54) is 0 Å². The molecule has 0 aromatic carbocycles. The molecule has 0 aliphatic rings. The molecule has 0 saturated carbocycles. The molecule has 1 heterocycles. The highest BCUT2D eigenvalue weighted by atomic mass is 16.2. The van der Waals surface area contributed by atoms with Gasteiger partial charge in [0, 0.05) is 12.1 Å². The van der Waals surface area contributed by atoms with Crippen molar-refractivity contribution in [2.24, 2.45) is 0 Å². The Kier molecular flexibility index (Phi) is 4.34. The molecule has 0 spiro atoms. The van der Waals surface area contributed by atoms with Crippen LogP contribution >= 0.6 is 0 Å². The molecule has 4 N–H and O–H groups in total. The largest absolute Gasteiger partial charge is 0.395 e. The summed E-state index contributed by atoms with van der Waals surface area (Å²) in [5.41, 5.74) is 7.25. The Morgan fingerprint density at radius 1 is 1.50 bits per heavy atom. The van der Waals surface area contributed by atoms with Crippen molar-refractivity contribution in [1.29, 1.82) is 0 Å². The molecule has 0 aliphatic heterocycles. The van der Waals surface area contributed by atoms with E-state index >= 15 is 0 Å². The number of hydrogen-bond acceptors (Lipinski definition) is 4. The van der Waals surface area contributed by atoms with E-state index in [0.717, 1.165) is 12.1 Å². The predicted octanol–water partition coefficient (Wildman–Crippen LogP) is 0.624. The number of amides is 1. The summed E-state index contributed by atoms with van der Waals surface area (Å²) in [5.74, 6) is -0.238. The lowest BCUT2D eigenvalue weighted by atomic mass is 10.0. The first-order valence-electron chi connectivity index (χ1n) is 6.08. The summed E-state index contributed by atoms with van der Waals surface area (Å²) in [7, 11) is 3.95. The van der Waals surface area contributed by atoms with Gasteiger partial charge in [-0.3, -0.25) is 9.89 Å². The van der Waals surface area contributed by atoms with Crippen molar-refractivity contribution >= 4 is 11.6 Å². The maximum absolute atomic E-state index is 12.0. The Labute approximate surface area is 108 Å². The fraction of sp³-hybridized carbons (Fsp3) is 0.667. The van der Waals surface area contributed by atoms with E-state index in [1.54, 1.807) is 0 Å². The first-order chi connectivity index (χ1) is 8.29. The number of likely N-dealkylation sites (N-methyl/N-ethyl adjacent to an activating group) is 1. The number of carbonyl (C=O) groups is 1. The van der Waals surface area contributed by atoms with E-state index in [4.69, 9.17) is 5.73 Å². The molecule has 0 atom stereocenters. The number of rotatable bonds is 5. The van der Waals surface area contributed by atoms with Crippen LogP contribution in [-0.4, -0.2) is 47.2 Å². The molecule has 1 aromatic rings. The van der Waals surface area contributed by atoms with Gasteiger partial charge in [-0.1, -0.05) is 6.92 Å². The molecule has 102 valence electrons. The van der Waals surface area contributed by atoms with Crippen LogP contribution in [0.5, 0.6) is 0 Å². The van der Waals surface area contributed by atoms with Crippen LogP contribution < -0.4 is 11.1 Å². The molecule has 6 heteroatoms. The van der Waals surface area contributed by atoms with Crippen LogP contribution in [0.15, 0.2) is 0 Å². The molecule has 6 nitrogen and oxygen atoms in total. The molecule has 0 radical (unpaired) electrons. The first kappa shape index (κ1) is 14.5. The molecular formula is C12H23N5O. The van der Waals surface area contributed by atoms with Gasteiger partial charge in [-0.15, -0.1) is 0 Å². The molecule has 0 bridgehead atoms. The normalized spacial score (nSPS) is 11.9. The smallest absolute Gasteiger partial charge is 0.274 e. The minimum absolute atomic E-state index is 0.117. The van der Waals surface area contributed by atoms with Gasteiger partial charge in [0.2, 0.25) is 0 Å². The number of aromatic amines is 1. The van der Waals surface area contributed by atoms with Crippen molar-refractivity contribution in [2.75, 3.05) is 26.4 Å². The Hall–Kier alpha value is -1.56. The summed E-state index contributed by atoms with van der Waals surface area (Å²) >= 11 is 0. The third-order valence-electron chi connectivity index (χ3n) is 3.34. The average molecular weight is 253 g/mol. The topological polar surface area (TPSA) is 87.0 Å². The molecule has 0 unspecified atom stereocenters. The van der Waals surface area contributed by atoms with Crippen LogP contribution in [0, 0.1) is 0 Å². The SMILES string of the molecule is CCc1[nH]nc(C(=O)NCC(C)(C)N(C)C)c1N. The highest BCUT2D eigenvalue weighted by Gasteiger charge is 2.23. The first-order valence-corrected chi connectivity index (χ1v) is 6.08. The van der Waals surface area contributed by atoms with Gasteiger partial charge < -0.3 is 16.0 Å². The highest BCUT2D eigenvalue weighted by molar-refractivity contribution is 5.97. The van der Waals surface area contributed by atoms with Gasteiger partial charge in [-0.05, 0) is 34.4 Å². The van der Waals surface area contributed by atoms with E-state index in [2.05, 4.69) is 34.3 Å². The van der Waals surface area contributed by atoms with Crippen LogP contribution in [0.1, 0.15) is 37.0 Å². The number of nitrogen functional groups attached to an aromatic ring is 1. The number of aryl methyl sites for hydroxylation is 1. The summed E-state index contributed by atoms with van der Waals surface area (Å²) in [6, 6.07) is 0. The number of hydrogen-bond donors (Lipinski definition) is 3. The summed E-state index contributed by atoms with van der Waals surface area (Å²) in [6.07, 6.45) is 0.731. The van der Waals surface area contributed by atoms with Crippen molar-refractivity contribution in [3.05, 3.63) is 11.4 Å². The molecule has 1 aromatic heterocycles. The summed E-state index contributed by atoms with van der Waals surface area (Å²) in [6.45, 7) is 6.60. The summed E-state index contributed by atoms with van der Waals surface area (Å²) in [5, 5.41) is 9.59. The number of nitrogens with two attached hydrogens (primary N) is 1. The van der Waals surface area contributed by atoms with Crippen molar-refractivity contribution in [2.45, 2.75) is 32.7 Å². The number of nitrogens with zero attached hydrogens (tertiary/aromatic N) is 2. The van der Waals surface area contributed by atoms with Gasteiger partial charge in [0.1, 0.15) is 0 Å². The number of anilines is 1. The molecular weight excluding hydrogens is 230 g/mol. The minimum atomic E-state index is -0.238. The molecule has 0 saturated heterocycles. The van der Waals surface area contributed by atoms with Crippen LogP contribution in [0.3, 0.4) is 0 Å². The molecule has 0 fully saturated rings. The van der Waals surface area contributed by atoms with Crippen LogP contribution in [0.4, 0.5) is 5.69 Å². The molecule has 0 aliphatic carbocycles. The van der Waals surface area contributed by atoms with Gasteiger partial charge in [0.15, 0.2) is 5.69 Å². The van der Waals surface area contributed by atoms with Gasteiger partial charge in [-0.25, -0.2) is 0 Å². The van der Waals surface area contributed by atoms with Gasteiger partial charge >= 0.3 is 0 Å². The van der Waals surface area contributed by atoms with Gasteiger partial charge in [0.25, 0.3) is 5.91 Å². The Morgan fingerprint density at radius 2 is 2.11 bits per heavy atom. The molecule has 1 amide bonds. The van der Waals surface area contributed by atoms with E-state index in [-0.39, 0.29) is 17.1 Å². The average Bonchev–Trinajstić information content (AvgIpc) is 2.67.